The standard InChI is InChI=1S/3C44H27NOS/c1-3-12-28(13-4-1)34-20-10-21-37-41-33(19-11-23-39(41)46-43(34)37)31-15-9-14-29(26-31)30-24-25-36-40(27-30)47-44-35-18-7-8-22-38(35)45(42(36)44)32-16-5-2-6-17-32;1-3-12-28(13-4-1)33-19-10-21-35-36-22-11-20-34(43(36)46-42(33)35)31-15-9-14-29(26-31)30-24-25-40-38(27-30)41-44(47-40)37-18-7-8-23-39(37)45(41)32-16-5-2-6-17-32;1-3-10-28(11-4-1)32-18-21-35-36-22-19-33(27-41(36)46-40(35)26-32)30-13-9-12-29(24-30)31-20-23-42-38(25-31)43-44(47-42)37-16-7-8-17-39(37)45(43)34-14-5-2-6-15-34/h3*1-27H. The average molecular weight is 1850 g/mol. The molecule has 141 heavy (non-hydrogen) atoms. The van der Waals surface area contributed by atoms with Gasteiger partial charge in [-0.3, -0.25) is 0 Å². The zero-order chi connectivity index (χ0) is 92.7. The molecule has 9 aromatic heterocycles. The monoisotopic (exact) mass is 1850 g/mol. The molecule has 9 heterocycles. The van der Waals surface area contributed by atoms with Crippen LogP contribution in [0.15, 0.2) is 505 Å². The second-order valence-corrected chi connectivity index (χ2v) is 39.5. The summed E-state index contributed by atoms with van der Waals surface area (Å²) in [5.41, 5.74) is 37.6. The lowest BCUT2D eigenvalue weighted by molar-refractivity contribution is 0.669. The quantitative estimate of drug-likeness (QED) is 0.122. The Bertz CT molecular complexity index is 10200. The SMILES string of the molecule is c1ccc(-c2ccc3c(c2)oc2cc(-c4cccc(-c5ccc6sc7c8ccccc8n(-c8ccccc8)c7c6c5)c4)ccc23)cc1.c1ccc(-c2cccc3c2oc2c(-c4cccc(-c5ccc6sc7c8ccccc8n(-c8ccccc8)c7c6c5)c4)cccc23)cc1.c1ccc(-c2cccc3c2oc2cccc(-c4cccc(-c5ccc6c(c5)sc5c7ccccc7n(-c7ccccc7)c65)c4)c23)cc1. The molecule has 0 atom stereocenters. The average Bonchev–Trinajstić information content (AvgIpc) is 1.56. The number of benzene rings is 21. The number of fused-ring (bicyclic) bond motifs is 24. The largest absolute Gasteiger partial charge is 0.456 e. The van der Waals surface area contributed by atoms with Gasteiger partial charge in [0.25, 0.3) is 0 Å². The normalized spacial score (nSPS) is 11.8. The highest BCUT2D eigenvalue weighted by Crippen LogP contribution is 2.51. The molecule has 0 aliphatic rings. The summed E-state index contributed by atoms with van der Waals surface area (Å²) in [6.07, 6.45) is 0. The first-order chi connectivity index (χ1) is 69.9. The van der Waals surface area contributed by atoms with Crippen LogP contribution in [0, 0.1) is 0 Å². The van der Waals surface area contributed by atoms with Gasteiger partial charge in [0, 0.05) is 112 Å². The van der Waals surface area contributed by atoms with Crippen LogP contribution in [0.4, 0.5) is 0 Å². The van der Waals surface area contributed by atoms with Gasteiger partial charge in [0.05, 0.1) is 47.2 Å². The molecule has 0 bridgehead atoms. The number of aromatic nitrogens is 3. The second kappa shape index (κ2) is 33.6. The van der Waals surface area contributed by atoms with Gasteiger partial charge < -0.3 is 27.0 Å². The highest BCUT2D eigenvalue weighted by molar-refractivity contribution is 7.27. The van der Waals surface area contributed by atoms with Crippen LogP contribution in [-0.4, -0.2) is 13.7 Å². The molecule has 0 aliphatic heterocycles. The van der Waals surface area contributed by atoms with Crippen molar-refractivity contribution in [2.24, 2.45) is 0 Å². The number of para-hydroxylation sites is 9. The summed E-state index contributed by atoms with van der Waals surface area (Å²) in [5.74, 6) is 0. The minimum Gasteiger partial charge on any atom is -0.456 e. The minimum atomic E-state index is 0.906. The second-order valence-electron chi connectivity index (χ2n) is 36.3. The summed E-state index contributed by atoms with van der Waals surface area (Å²) in [7, 11) is 0. The molecule has 30 aromatic rings. The van der Waals surface area contributed by atoms with Gasteiger partial charge in [0.1, 0.15) is 33.5 Å². The van der Waals surface area contributed by atoms with Crippen molar-refractivity contribution in [1.29, 1.82) is 0 Å². The van der Waals surface area contributed by atoms with E-state index >= 15 is 0 Å². The van der Waals surface area contributed by atoms with Gasteiger partial charge in [0.2, 0.25) is 0 Å². The fraction of sp³-hybridized carbons (Fsp3) is 0. The smallest absolute Gasteiger partial charge is 0.143 e. The summed E-state index contributed by atoms with van der Waals surface area (Å²) < 4.78 is 34.9. The van der Waals surface area contributed by atoms with Crippen molar-refractivity contribution in [2.75, 3.05) is 0 Å². The molecular weight excluding hydrogens is 1770 g/mol. The topological polar surface area (TPSA) is 54.2 Å². The van der Waals surface area contributed by atoms with E-state index in [0.717, 1.165) is 110 Å². The van der Waals surface area contributed by atoms with Crippen LogP contribution < -0.4 is 0 Å². The molecule has 660 valence electrons. The third-order valence-corrected chi connectivity index (χ3v) is 31.8. The predicted octanol–water partition coefficient (Wildman–Crippen LogP) is 38.7. The first kappa shape index (κ1) is 81.6. The molecule has 0 amide bonds. The molecule has 21 aromatic carbocycles. The van der Waals surface area contributed by atoms with Crippen LogP contribution in [0.3, 0.4) is 0 Å². The highest BCUT2D eigenvalue weighted by Gasteiger charge is 2.26. The van der Waals surface area contributed by atoms with Gasteiger partial charge >= 0.3 is 0 Å². The van der Waals surface area contributed by atoms with Crippen molar-refractivity contribution in [3.8, 4) is 117 Å². The molecule has 0 radical (unpaired) electrons. The fourth-order valence-corrected chi connectivity index (χ4v) is 25.4. The first-order valence-corrected chi connectivity index (χ1v) is 50.2. The van der Waals surface area contributed by atoms with E-state index in [1.54, 1.807) is 0 Å². The van der Waals surface area contributed by atoms with Crippen molar-refractivity contribution in [2.45, 2.75) is 0 Å². The molecule has 0 N–H and O–H groups in total. The fourth-order valence-electron chi connectivity index (χ4n) is 21.7. The molecule has 0 spiro atoms. The third-order valence-electron chi connectivity index (χ3n) is 28.2. The maximum absolute atomic E-state index is 6.75. The van der Waals surface area contributed by atoms with Gasteiger partial charge in [-0.25, -0.2) is 0 Å². The maximum Gasteiger partial charge on any atom is 0.143 e. The lowest BCUT2D eigenvalue weighted by Gasteiger charge is -2.09. The third kappa shape index (κ3) is 13.8. The van der Waals surface area contributed by atoms with E-state index in [-0.39, 0.29) is 0 Å². The van der Waals surface area contributed by atoms with Crippen LogP contribution in [0.1, 0.15) is 0 Å². The van der Waals surface area contributed by atoms with Gasteiger partial charge in [0.15, 0.2) is 0 Å². The molecule has 0 saturated carbocycles. The Morgan fingerprint density at radius 1 is 0.156 bits per heavy atom. The maximum atomic E-state index is 6.75. The van der Waals surface area contributed by atoms with Gasteiger partial charge in [-0.05, 0) is 217 Å². The Hall–Kier alpha value is -17.7. The number of hydrogen-bond acceptors (Lipinski definition) is 6. The van der Waals surface area contributed by atoms with E-state index in [1.165, 1.54) is 166 Å². The predicted molar refractivity (Wildman–Crippen MR) is 599 cm³/mol. The van der Waals surface area contributed by atoms with Crippen LogP contribution in [0.5, 0.6) is 0 Å². The number of nitrogens with zero attached hydrogens (tertiary/aromatic N) is 3. The Morgan fingerprint density at radius 2 is 0.461 bits per heavy atom. The zero-order valence-electron chi connectivity index (χ0n) is 76.1. The molecular formula is C132H81N3O3S3. The molecule has 0 aliphatic carbocycles. The first-order valence-electron chi connectivity index (χ1n) is 47.8. The molecule has 0 fully saturated rings. The molecule has 9 heteroatoms. The Morgan fingerprint density at radius 3 is 0.929 bits per heavy atom. The van der Waals surface area contributed by atoms with Crippen molar-refractivity contribution in [1.82, 2.24) is 13.7 Å². The van der Waals surface area contributed by atoms with Gasteiger partial charge in [-0.15, -0.1) is 34.0 Å². The van der Waals surface area contributed by atoms with Crippen molar-refractivity contribution < 1.29 is 13.3 Å². The lowest BCUT2D eigenvalue weighted by atomic mass is 9.95. The van der Waals surface area contributed by atoms with Crippen LogP contribution in [0.2, 0.25) is 0 Å². The van der Waals surface area contributed by atoms with E-state index in [0.29, 0.717) is 0 Å². The Balaban J connectivity index is 0.000000104. The van der Waals surface area contributed by atoms with Gasteiger partial charge in [-0.1, -0.05) is 358 Å². The molecule has 0 saturated heterocycles. The van der Waals surface area contributed by atoms with Crippen molar-refractivity contribution in [3.05, 3.63) is 491 Å². The number of furan rings is 3. The lowest BCUT2D eigenvalue weighted by Crippen LogP contribution is -1.92. The summed E-state index contributed by atoms with van der Waals surface area (Å²) >= 11 is 5.65. The zero-order valence-corrected chi connectivity index (χ0v) is 78.5. The summed E-state index contributed by atoms with van der Waals surface area (Å²) in [6.45, 7) is 0. The van der Waals surface area contributed by atoms with Crippen LogP contribution in [-0.2, 0) is 0 Å². The molecule has 30 rings (SSSR count). The van der Waals surface area contributed by atoms with Crippen LogP contribution in [0.25, 0.3) is 277 Å². The Kier molecular flexibility index (Phi) is 19.5. The summed E-state index contributed by atoms with van der Waals surface area (Å²) in [6, 6.07) is 176. The van der Waals surface area contributed by atoms with Gasteiger partial charge in [-0.2, -0.15) is 0 Å². The highest BCUT2D eigenvalue weighted by atomic mass is 32.1. The van der Waals surface area contributed by atoms with E-state index < -0.39 is 0 Å². The van der Waals surface area contributed by atoms with E-state index in [4.69, 9.17) is 13.3 Å². The number of rotatable bonds is 12. The van der Waals surface area contributed by atoms with E-state index in [9.17, 15) is 0 Å². The summed E-state index contributed by atoms with van der Waals surface area (Å²) in [5, 5.41) is 14.6. The molecule has 0 unspecified atom stereocenters. The number of thiophene rings is 3. The van der Waals surface area contributed by atoms with E-state index in [2.05, 4.69) is 499 Å². The van der Waals surface area contributed by atoms with E-state index in [1.807, 2.05) is 40.1 Å². The van der Waals surface area contributed by atoms with Crippen molar-refractivity contribution >= 4 is 193 Å². The van der Waals surface area contributed by atoms with Crippen LogP contribution >= 0.6 is 34.0 Å². The minimum absolute atomic E-state index is 0.906. The number of hydrogen-bond donors (Lipinski definition) is 0. The summed E-state index contributed by atoms with van der Waals surface area (Å²) in [4.78, 5) is 0. The van der Waals surface area contributed by atoms with Crippen molar-refractivity contribution in [3.63, 3.8) is 0 Å². The Labute approximate surface area is 822 Å². The molecule has 6 nitrogen and oxygen atoms in total.